The second-order valence-corrected chi connectivity index (χ2v) is 2.74. The van der Waals surface area contributed by atoms with Crippen LogP contribution in [0.1, 0.15) is 32.6 Å². The lowest BCUT2D eigenvalue weighted by Crippen LogP contribution is -2.25. The molecular weight excluding hydrogens is 126 g/mol. The van der Waals surface area contributed by atoms with Gasteiger partial charge in [-0.25, -0.2) is 0 Å². The van der Waals surface area contributed by atoms with Crippen molar-refractivity contribution in [3.63, 3.8) is 0 Å². The van der Waals surface area contributed by atoms with E-state index in [4.69, 9.17) is 0 Å². The topological polar surface area (TPSA) is 20.3 Å². The predicted molar refractivity (Wildman–Crippen MR) is 40.2 cm³/mol. The normalized spacial score (nSPS) is 20.3. The van der Waals surface area contributed by atoms with Crippen LogP contribution in [0.3, 0.4) is 0 Å². The van der Waals surface area contributed by atoms with Crippen molar-refractivity contribution >= 4 is 5.91 Å². The number of amides is 1. The summed E-state index contributed by atoms with van der Waals surface area (Å²) >= 11 is 0. The molecule has 1 fully saturated rings. The van der Waals surface area contributed by atoms with Crippen LogP contribution in [0.25, 0.3) is 0 Å². The first-order valence-electron chi connectivity index (χ1n) is 3.91. The lowest BCUT2D eigenvalue weighted by atomic mass is 10.2. The summed E-state index contributed by atoms with van der Waals surface area (Å²) in [6, 6.07) is 0. The van der Waals surface area contributed by atoms with Crippen molar-refractivity contribution in [1.82, 2.24) is 4.90 Å². The van der Waals surface area contributed by atoms with Gasteiger partial charge < -0.3 is 4.90 Å². The van der Waals surface area contributed by atoms with Gasteiger partial charge in [0.25, 0.3) is 0 Å². The van der Waals surface area contributed by atoms with Crippen LogP contribution in [0.15, 0.2) is 0 Å². The molecular formula is C8H14NO. The highest BCUT2D eigenvalue weighted by atomic mass is 16.2. The summed E-state index contributed by atoms with van der Waals surface area (Å²) < 4.78 is 0. The molecule has 0 aromatic rings. The van der Waals surface area contributed by atoms with Crippen LogP contribution in [0.5, 0.6) is 0 Å². The molecule has 57 valence electrons. The average molecular weight is 140 g/mol. The number of carbonyl (C=O) groups is 1. The second-order valence-electron chi connectivity index (χ2n) is 2.74. The fraction of sp³-hybridized carbons (Fsp3) is 0.750. The van der Waals surface area contributed by atoms with E-state index in [1.165, 1.54) is 12.8 Å². The smallest absolute Gasteiger partial charge is 0.219 e. The van der Waals surface area contributed by atoms with E-state index in [-0.39, 0.29) is 5.91 Å². The fourth-order valence-corrected chi connectivity index (χ4v) is 1.23. The van der Waals surface area contributed by atoms with Gasteiger partial charge in [0.1, 0.15) is 0 Å². The SMILES string of the molecule is CC(=O)N1[CH]CCCCC1. The molecule has 0 aromatic heterocycles. The molecule has 2 nitrogen and oxygen atoms in total. The molecule has 0 bridgehead atoms. The number of rotatable bonds is 0. The molecule has 10 heavy (non-hydrogen) atoms. The molecule has 1 aliphatic rings. The van der Waals surface area contributed by atoms with Gasteiger partial charge in [0.2, 0.25) is 5.91 Å². The maximum absolute atomic E-state index is 10.8. The number of hydrogen-bond acceptors (Lipinski definition) is 1. The molecule has 0 unspecified atom stereocenters. The standard InChI is InChI=1S/C8H14NO/c1-8(10)9-6-4-2-3-5-7-9/h6H,2-5,7H2,1H3. The maximum Gasteiger partial charge on any atom is 0.219 e. The van der Waals surface area contributed by atoms with Gasteiger partial charge in [0.15, 0.2) is 0 Å². The van der Waals surface area contributed by atoms with Gasteiger partial charge in [0.05, 0.1) is 6.54 Å². The van der Waals surface area contributed by atoms with E-state index in [2.05, 4.69) is 0 Å². The summed E-state index contributed by atoms with van der Waals surface area (Å²) in [6.45, 7) is 4.58. The highest BCUT2D eigenvalue weighted by molar-refractivity contribution is 5.73. The zero-order chi connectivity index (χ0) is 7.40. The first-order chi connectivity index (χ1) is 4.80. The van der Waals surface area contributed by atoms with Crippen LogP contribution < -0.4 is 0 Å². The summed E-state index contributed by atoms with van der Waals surface area (Å²) in [6.07, 6.45) is 4.74. The van der Waals surface area contributed by atoms with Crippen LogP contribution in [0, 0.1) is 6.54 Å². The Morgan fingerprint density at radius 2 is 2.20 bits per heavy atom. The summed E-state index contributed by atoms with van der Waals surface area (Å²) in [5.41, 5.74) is 0. The third kappa shape index (κ3) is 2.01. The number of likely N-dealkylation sites (tertiary alicyclic amines) is 1. The van der Waals surface area contributed by atoms with Crippen LogP contribution in [-0.4, -0.2) is 17.4 Å². The Balaban J connectivity index is 2.35. The molecule has 0 aromatic carbocycles. The van der Waals surface area contributed by atoms with Crippen molar-refractivity contribution < 1.29 is 4.79 Å². The zero-order valence-electron chi connectivity index (χ0n) is 6.47. The largest absolute Gasteiger partial charge is 0.338 e. The lowest BCUT2D eigenvalue weighted by Gasteiger charge is -2.16. The average Bonchev–Trinajstić information content (AvgIpc) is 2.12. The van der Waals surface area contributed by atoms with Gasteiger partial charge in [-0.2, -0.15) is 0 Å². The van der Waals surface area contributed by atoms with Gasteiger partial charge in [-0.1, -0.05) is 12.8 Å². The van der Waals surface area contributed by atoms with Gasteiger partial charge in [-0.15, -0.1) is 0 Å². The molecule has 1 saturated heterocycles. The Kier molecular flexibility index (Phi) is 2.72. The maximum atomic E-state index is 10.8. The molecule has 1 radical (unpaired) electrons. The van der Waals surface area contributed by atoms with Gasteiger partial charge in [0, 0.05) is 13.5 Å². The molecule has 0 N–H and O–H groups in total. The van der Waals surface area contributed by atoms with Gasteiger partial charge in [-0.05, 0) is 12.8 Å². The Morgan fingerprint density at radius 3 is 2.90 bits per heavy atom. The predicted octanol–water partition coefficient (Wildman–Crippen LogP) is 1.57. The summed E-state index contributed by atoms with van der Waals surface area (Å²) in [5, 5.41) is 0. The highest BCUT2D eigenvalue weighted by Crippen LogP contribution is 2.12. The fourth-order valence-electron chi connectivity index (χ4n) is 1.23. The minimum Gasteiger partial charge on any atom is -0.338 e. The molecule has 0 spiro atoms. The van der Waals surface area contributed by atoms with E-state index in [0.717, 1.165) is 19.4 Å². The van der Waals surface area contributed by atoms with Crippen molar-refractivity contribution in [2.24, 2.45) is 0 Å². The first-order valence-corrected chi connectivity index (χ1v) is 3.91. The summed E-state index contributed by atoms with van der Waals surface area (Å²) in [7, 11) is 0. The third-order valence-electron chi connectivity index (χ3n) is 1.86. The van der Waals surface area contributed by atoms with Gasteiger partial charge >= 0.3 is 0 Å². The second kappa shape index (κ2) is 3.59. The molecule has 0 saturated carbocycles. The minimum absolute atomic E-state index is 0.182. The lowest BCUT2D eigenvalue weighted by molar-refractivity contribution is -0.127. The number of carbonyl (C=O) groups excluding carboxylic acids is 1. The molecule has 1 heterocycles. The number of hydrogen-bond donors (Lipinski definition) is 0. The molecule has 0 aliphatic carbocycles. The molecule has 1 amide bonds. The molecule has 0 atom stereocenters. The molecule has 2 heteroatoms. The third-order valence-corrected chi connectivity index (χ3v) is 1.86. The van der Waals surface area contributed by atoms with E-state index >= 15 is 0 Å². The quantitative estimate of drug-likeness (QED) is 0.500. The Hall–Kier alpha value is -0.530. The summed E-state index contributed by atoms with van der Waals surface area (Å²) in [5.74, 6) is 0.182. The van der Waals surface area contributed by atoms with Crippen molar-refractivity contribution in [3.05, 3.63) is 6.54 Å². The monoisotopic (exact) mass is 140 g/mol. The van der Waals surface area contributed by atoms with E-state index in [0.29, 0.717) is 0 Å². The van der Waals surface area contributed by atoms with Crippen molar-refractivity contribution in [1.29, 1.82) is 0 Å². The Bertz CT molecular complexity index is 114. The van der Waals surface area contributed by atoms with Crippen LogP contribution in [0.4, 0.5) is 0 Å². The van der Waals surface area contributed by atoms with Crippen molar-refractivity contribution in [3.8, 4) is 0 Å². The van der Waals surface area contributed by atoms with Crippen molar-refractivity contribution in [2.75, 3.05) is 6.54 Å². The highest BCUT2D eigenvalue weighted by Gasteiger charge is 2.10. The summed E-state index contributed by atoms with van der Waals surface area (Å²) in [4.78, 5) is 12.7. The molecule has 1 rings (SSSR count). The van der Waals surface area contributed by atoms with Crippen molar-refractivity contribution in [2.45, 2.75) is 32.6 Å². The van der Waals surface area contributed by atoms with E-state index < -0.39 is 0 Å². The van der Waals surface area contributed by atoms with Crippen LogP contribution in [-0.2, 0) is 4.79 Å². The van der Waals surface area contributed by atoms with E-state index in [1.54, 1.807) is 6.92 Å². The molecule has 1 aliphatic heterocycles. The minimum atomic E-state index is 0.182. The van der Waals surface area contributed by atoms with Crippen LogP contribution in [0.2, 0.25) is 0 Å². The Morgan fingerprint density at radius 1 is 1.40 bits per heavy atom. The number of nitrogens with zero attached hydrogens (tertiary/aromatic N) is 1. The Labute approximate surface area is 62.2 Å². The van der Waals surface area contributed by atoms with E-state index in [9.17, 15) is 4.79 Å². The van der Waals surface area contributed by atoms with Crippen LogP contribution >= 0.6 is 0 Å². The van der Waals surface area contributed by atoms with E-state index in [1.807, 2.05) is 11.4 Å². The zero-order valence-corrected chi connectivity index (χ0v) is 6.47. The van der Waals surface area contributed by atoms with Gasteiger partial charge in [-0.3, -0.25) is 4.79 Å². The first kappa shape index (κ1) is 7.58.